The van der Waals surface area contributed by atoms with Crippen molar-refractivity contribution in [3.05, 3.63) is 57.1 Å². The third-order valence-electron chi connectivity index (χ3n) is 3.62. The van der Waals surface area contributed by atoms with Gasteiger partial charge in [-0.05, 0) is 61.2 Å². The van der Waals surface area contributed by atoms with Gasteiger partial charge in [0.25, 0.3) is 0 Å². The number of benzene rings is 2. The smallest absolute Gasteiger partial charge is 0.118 e. The van der Waals surface area contributed by atoms with Crippen LogP contribution in [0.15, 0.2) is 30.3 Å². The molecule has 0 aliphatic rings. The van der Waals surface area contributed by atoms with Gasteiger partial charge in [0.2, 0.25) is 0 Å². The first kappa shape index (κ1) is 16.0. The molecular weight excluding hydrogens is 305 g/mol. The third-order valence-corrected chi connectivity index (χ3v) is 4.18. The molecule has 0 bridgehead atoms. The summed E-state index contributed by atoms with van der Waals surface area (Å²) in [7, 11) is 0. The number of rotatable bonds is 4. The van der Waals surface area contributed by atoms with Gasteiger partial charge in [-0.25, -0.2) is 0 Å². The van der Waals surface area contributed by atoms with Crippen molar-refractivity contribution in [1.82, 2.24) is 0 Å². The summed E-state index contributed by atoms with van der Waals surface area (Å²) in [5.41, 5.74) is 3.87. The van der Waals surface area contributed by atoms with Crippen molar-refractivity contribution in [2.45, 2.75) is 33.2 Å². The fourth-order valence-corrected chi connectivity index (χ4v) is 2.87. The molecule has 0 heterocycles. The van der Waals surface area contributed by atoms with E-state index in [-0.39, 0.29) is 6.04 Å². The van der Waals surface area contributed by atoms with Crippen LogP contribution in [0.4, 0.5) is 5.69 Å². The Morgan fingerprint density at radius 2 is 1.81 bits per heavy atom. The highest BCUT2D eigenvalue weighted by atomic mass is 35.5. The summed E-state index contributed by atoms with van der Waals surface area (Å²) in [4.78, 5) is 0. The highest BCUT2D eigenvalue weighted by molar-refractivity contribution is 6.35. The zero-order valence-corrected chi connectivity index (χ0v) is 13.9. The second kappa shape index (κ2) is 6.59. The third kappa shape index (κ3) is 3.63. The first-order valence-electron chi connectivity index (χ1n) is 6.94. The maximum atomic E-state index is 9.74. The lowest BCUT2D eigenvalue weighted by Crippen LogP contribution is -2.11. The fourth-order valence-electron chi connectivity index (χ4n) is 2.33. The monoisotopic (exact) mass is 323 g/mol. The van der Waals surface area contributed by atoms with E-state index in [1.165, 1.54) is 0 Å². The van der Waals surface area contributed by atoms with E-state index < -0.39 is 0 Å². The molecule has 112 valence electrons. The van der Waals surface area contributed by atoms with Gasteiger partial charge in [-0.3, -0.25) is 0 Å². The van der Waals surface area contributed by atoms with Gasteiger partial charge in [-0.15, -0.1) is 0 Å². The maximum Gasteiger partial charge on any atom is 0.118 e. The number of anilines is 1. The minimum absolute atomic E-state index is 0.0948. The van der Waals surface area contributed by atoms with E-state index in [0.29, 0.717) is 15.8 Å². The lowest BCUT2D eigenvalue weighted by Gasteiger charge is -2.22. The number of halogens is 2. The van der Waals surface area contributed by atoms with Gasteiger partial charge in [-0.2, -0.15) is 0 Å². The number of aryl methyl sites for hydroxylation is 2. The Labute approximate surface area is 135 Å². The number of hydrogen-bond acceptors (Lipinski definition) is 2. The molecule has 1 atom stereocenters. The van der Waals surface area contributed by atoms with E-state index in [1.54, 1.807) is 12.1 Å². The van der Waals surface area contributed by atoms with Crippen LogP contribution in [0.5, 0.6) is 5.75 Å². The lowest BCUT2D eigenvalue weighted by atomic mass is 10.0. The molecule has 0 saturated heterocycles. The van der Waals surface area contributed by atoms with E-state index in [4.69, 9.17) is 23.2 Å². The summed E-state index contributed by atoms with van der Waals surface area (Å²) >= 11 is 12.3. The average Bonchev–Trinajstić information content (AvgIpc) is 2.42. The van der Waals surface area contributed by atoms with Crippen LogP contribution in [-0.2, 0) is 0 Å². The molecule has 0 radical (unpaired) electrons. The number of hydrogen-bond donors (Lipinski definition) is 2. The van der Waals surface area contributed by atoms with E-state index >= 15 is 0 Å². The Balaban J connectivity index is 2.33. The predicted octanol–water partition coefficient (Wildman–Crippen LogP) is 5.88. The Hall–Kier alpha value is -1.38. The molecule has 4 heteroatoms. The summed E-state index contributed by atoms with van der Waals surface area (Å²) in [5, 5.41) is 14.5. The van der Waals surface area contributed by atoms with Crippen molar-refractivity contribution in [3.8, 4) is 5.75 Å². The van der Waals surface area contributed by atoms with Gasteiger partial charge >= 0.3 is 0 Å². The second-order valence-corrected chi connectivity index (χ2v) is 6.07. The van der Waals surface area contributed by atoms with Gasteiger partial charge < -0.3 is 10.4 Å². The first-order chi connectivity index (χ1) is 9.92. The van der Waals surface area contributed by atoms with Crippen LogP contribution in [-0.4, -0.2) is 5.11 Å². The molecular formula is C17H19Cl2NO. The van der Waals surface area contributed by atoms with Crippen molar-refractivity contribution in [2.24, 2.45) is 0 Å². The predicted molar refractivity (Wildman–Crippen MR) is 90.7 cm³/mol. The van der Waals surface area contributed by atoms with Gasteiger partial charge in [-0.1, -0.05) is 36.2 Å². The summed E-state index contributed by atoms with van der Waals surface area (Å²) in [6.07, 6.45) is 0.890. The highest BCUT2D eigenvalue weighted by Gasteiger charge is 2.15. The molecule has 21 heavy (non-hydrogen) atoms. The fraction of sp³-hybridized carbons (Fsp3) is 0.294. The molecule has 1 unspecified atom stereocenters. The van der Waals surface area contributed by atoms with Gasteiger partial charge in [0.15, 0.2) is 0 Å². The van der Waals surface area contributed by atoms with Crippen molar-refractivity contribution in [1.29, 1.82) is 0 Å². The molecule has 0 aromatic heterocycles. The molecule has 0 aliphatic carbocycles. The lowest BCUT2D eigenvalue weighted by molar-refractivity contribution is 0.470. The number of aromatic hydroxyl groups is 1. The molecule has 2 aromatic rings. The number of phenolic OH excluding ortho intramolecular Hbond substituents is 1. The number of nitrogens with one attached hydrogen (secondary N) is 1. The van der Waals surface area contributed by atoms with Crippen molar-refractivity contribution in [3.63, 3.8) is 0 Å². The molecule has 0 aliphatic heterocycles. The first-order valence-corrected chi connectivity index (χ1v) is 7.69. The molecule has 2 N–H and O–H groups in total. The Bertz CT molecular complexity index is 655. The molecule has 2 rings (SSSR count). The largest absolute Gasteiger partial charge is 0.508 e. The van der Waals surface area contributed by atoms with E-state index in [1.807, 2.05) is 32.0 Å². The van der Waals surface area contributed by atoms with Gasteiger partial charge in [0.05, 0.1) is 6.04 Å². The highest BCUT2D eigenvalue weighted by Crippen LogP contribution is 2.33. The Morgan fingerprint density at radius 3 is 2.43 bits per heavy atom. The van der Waals surface area contributed by atoms with Crippen LogP contribution in [0.25, 0.3) is 0 Å². The molecule has 0 amide bonds. The average molecular weight is 324 g/mol. The Kier molecular flexibility index (Phi) is 5.02. The zero-order chi connectivity index (χ0) is 15.6. The summed E-state index contributed by atoms with van der Waals surface area (Å²) < 4.78 is 0. The van der Waals surface area contributed by atoms with Gasteiger partial charge in [0.1, 0.15) is 5.75 Å². The molecule has 0 spiro atoms. The minimum atomic E-state index is 0.0948. The molecule has 0 saturated carbocycles. The van der Waals surface area contributed by atoms with Crippen molar-refractivity contribution >= 4 is 28.9 Å². The summed E-state index contributed by atoms with van der Waals surface area (Å²) in [5.74, 6) is 0.315. The van der Waals surface area contributed by atoms with Crippen molar-refractivity contribution in [2.75, 3.05) is 5.32 Å². The molecule has 2 nitrogen and oxygen atoms in total. The molecule has 0 fully saturated rings. The quantitative estimate of drug-likeness (QED) is 0.688. The van der Waals surface area contributed by atoms with Crippen LogP contribution < -0.4 is 5.32 Å². The van der Waals surface area contributed by atoms with Crippen LogP contribution in [0.2, 0.25) is 10.0 Å². The standard InChI is InChI=1S/C17H19Cl2NO/c1-4-15(13-6-5-12(18)9-14(13)19)20-16-7-11(3)17(21)8-10(16)2/h5-9,15,20-21H,4H2,1-3H3. The molecule has 2 aromatic carbocycles. The normalized spacial score (nSPS) is 12.2. The zero-order valence-electron chi connectivity index (χ0n) is 12.4. The van der Waals surface area contributed by atoms with E-state index in [9.17, 15) is 5.11 Å². The SMILES string of the molecule is CCC(Nc1cc(C)c(O)cc1C)c1ccc(Cl)cc1Cl. The van der Waals surface area contributed by atoms with Gasteiger partial charge in [0, 0.05) is 15.7 Å². The van der Waals surface area contributed by atoms with E-state index in [0.717, 1.165) is 28.8 Å². The van der Waals surface area contributed by atoms with Crippen LogP contribution >= 0.6 is 23.2 Å². The van der Waals surface area contributed by atoms with Crippen molar-refractivity contribution < 1.29 is 5.11 Å². The van der Waals surface area contributed by atoms with Crippen LogP contribution in [0.3, 0.4) is 0 Å². The van der Waals surface area contributed by atoms with Crippen LogP contribution in [0.1, 0.15) is 36.1 Å². The minimum Gasteiger partial charge on any atom is -0.508 e. The van der Waals surface area contributed by atoms with E-state index in [2.05, 4.69) is 12.2 Å². The maximum absolute atomic E-state index is 9.74. The van der Waals surface area contributed by atoms with Crippen LogP contribution in [0, 0.1) is 13.8 Å². The Morgan fingerprint density at radius 1 is 1.10 bits per heavy atom. The summed E-state index contributed by atoms with van der Waals surface area (Å²) in [6, 6.07) is 9.39. The summed E-state index contributed by atoms with van der Waals surface area (Å²) in [6.45, 7) is 5.96. The second-order valence-electron chi connectivity index (χ2n) is 5.22. The topological polar surface area (TPSA) is 32.3 Å². The number of phenols is 1.